The van der Waals surface area contributed by atoms with Crippen LogP contribution in [-0.4, -0.2) is 52.0 Å². The van der Waals surface area contributed by atoms with Crippen molar-refractivity contribution in [2.45, 2.75) is 38.6 Å². The molecule has 2 aliphatic rings. The third-order valence-electron chi connectivity index (χ3n) is 6.37. The maximum atomic E-state index is 12.5. The van der Waals surface area contributed by atoms with Gasteiger partial charge in [-0.1, -0.05) is 18.2 Å². The zero-order valence-electron chi connectivity index (χ0n) is 16.4. The number of nitrogens with zero attached hydrogens (tertiary/aromatic N) is 3. The van der Waals surface area contributed by atoms with Gasteiger partial charge in [0.25, 0.3) is 0 Å². The van der Waals surface area contributed by atoms with Gasteiger partial charge in [0.05, 0.1) is 0 Å². The van der Waals surface area contributed by atoms with Crippen LogP contribution in [0.5, 0.6) is 5.75 Å². The molecule has 5 nitrogen and oxygen atoms in total. The molecule has 4 rings (SSSR count). The number of carbonyl (C=O) groups excluding carboxylic acids is 1. The lowest BCUT2D eigenvalue weighted by molar-refractivity contribution is -0.139. The first kappa shape index (κ1) is 18.9. The summed E-state index contributed by atoms with van der Waals surface area (Å²) in [6.07, 6.45) is 8.54. The SMILES string of the molecule is O=C1CCC2(CCN(Cc3cccc(O)c3)CC2)CN1CCc1cccnc1. The van der Waals surface area contributed by atoms with Gasteiger partial charge in [0.2, 0.25) is 5.91 Å². The summed E-state index contributed by atoms with van der Waals surface area (Å²) in [7, 11) is 0. The van der Waals surface area contributed by atoms with Crippen LogP contribution < -0.4 is 0 Å². The first-order valence-electron chi connectivity index (χ1n) is 10.3. The molecule has 1 aromatic heterocycles. The van der Waals surface area contributed by atoms with Crippen LogP contribution >= 0.6 is 0 Å². The minimum absolute atomic E-state index is 0.276. The Morgan fingerprint density at radius 1 is 1.07 bits per heavy atom. The molecule has 0 unspecified atom stereocenters. The second kappa shape index (κ2) is 8.31. The molecular formula is C23H29N3O2. The van der Waals surface area contributed by atoms with E-state index in [1.165, 1.54) is 5.56 Å². The summed E-state index contributed by atoms with van der Waals surface area (Å²) in [5.41, 5.74) is 2.63. The molecule has 2 fully saturated rings. The van der Waals surface area contributed by atoms with Gasteiger partial charge >= 0.3 is 0 Å². The number of phenolic OH excluding ortho intramolecular Hbond substituents is 1. The van der Waals surface area contributed by atoms with Gasteiger partial charge in [-0.15, -0.1) is 0 Å². The van der Waals surface area contributed by atoms with E-state index in [0.29, 0.717) is 18.1 Å². The number of pyridine rings is 1. The van der Waals surface area contributed by atoms with E-state index < -0.39 is 0 Å². The highest BCUT2D eigenvalue weighted by atomic mass is 16.3. The summed E-state index contributed by atoms with van der Waals surface area (Å²) in [5.74, 6) is 0.637. The first-order chi connectivity index (χ1) is 13.6. The fraction of sp³-hybridized carbons (Fsp3) is 0.478. The molecule has 1 spiro atoms. The lowest BCUT2D eigenvalue weighted by atomic mass is 9.72. The van der Waals surface area contributed by atoms with Crippen molar-refractivity contribution in [3.8, 4) is 5.75 Å². The van der Waals surface area contributed by atoms with Gasteiger partial charge in [0.1, 0.15) is 5.75 Å². The van der Waals surface area contributed by atoms with Gasteiger partial charge in [-0.3, -0.25) is 14.7 Å². The molecule has 0 bridgehead atoms. The van der Waals surface area contributed by atoms with Crippen LogP contribution in [0.4, 0.5) is 0 Å². The van der Waals surface area contributed by atoms with E-state index in [4.69, 9.17) is 0 Å². The number of rotatable bonds is 5. The second-order valence-corrected chi connectivity index (χ2v) is 8.37. The molecule has 1 N–H and O–H groups in total. The molecule has 2 aliphatic heterocycles. The van der Waals surface area contributed by atoms with Crippen molar-refractivity contribution in [3.63, 3.8) is 0 Å². The Bertz CT molecular complexity index is 801. The highest BCUT2D eigenvalue weighted by molar-refractivity contribution is 5.77. The largest absolute Gasteiger partial charge is 0.508 e. The molecule has 0 saturated carbocycles. The standard InChI is InChI=1S/C23H29N3O2/c27-21-5-1-3-20(15-21)17-25-13-9-23(10-14-25)8-6-22(28)26(18-23)12-7-19-4-2-11-24-16-19/h1-5,11,15-16,27H,6-10,12-14,17-18H2. The van der Waals surface area contributed by atoms with Crippen molar-refractivity contribution < 1.29 is 9.90 Å². The number of benzene rings is 1. The molecular weight excluding hydrogens is 350 g/mol. The van der Waals surface area contributed by atoms with E-state index in [1.807, 2.05) is 24.4 Å². The summed E-state index contributed by atoms with van der Waals surface area (Å²) in [6, 6.07) is 11.6. The summed E-state index contributed by atoms with van der Waals surface area (Å²) >= 11 is 0. The van der Waals surface area contributed by atoms with E-state index in [1.54, 1.807) is 12.3 Å². The van der Waals surface area contributed by atoms with Gasteiger partial charge in [-0.25, -0.2) is 0 Å². The number of carbonyl (C=O) groups is 1. The van der Waals surface area contributed by atoms with Crippen molar-refractivity contribution >= 4 is 5.91 Å². The molecule has 2 saturated heterocycles. The average molecular weight is 380 g/mol. The molecule has 0 radical (unpaired) electrons. The van der Waals surface area contributed by atoms with Crippen molar-refractivity contribution in [2.24, 2.45) is 5.41 Å². The van der Waals surface area contributed by atoms with Gasteiger partial charge < -0.3 is 10.0 Å². The molecule has 0 atom stereocenters. The van der Waals surface area contributed by atoms with Crippen LogP contribution in [0.1, 0.15) is 36.8 Å². The maximum absolute atomic E-state index is 12.5. The van der Waals surface area contributed by atoms with Gasteiger partial charge in [-0.05, 0) is 73.5 Å². The molecule has 0 aliphatic carbocycles. The number of aromatic nitrogens is 1. The van der Waals surface area contributed by atoms with E-state index in [9.17, 15) is 9.90 Å². The van der Waals surface area contributed by atoms with Crippen molar-refractivity contribution in [1.29, 1.82) is 0 Å². The minimum atomic E-state index is 0.276. The van der Waals surface area contributed by atoms with Gasteiger partial charge in [0.15, 0.2) is 0 Å². The van der Waals surface area contributed by atoms with Crippen molar-refractivity contribution in [1.82, 2.24) is 14.8 Å². The Balaban J connectivity index is 1.32. The Morgan fingerprint density at radius 3 is 2.64 bits per heavy atom. The number of hydrogen-bond acceptors (Lipinski definition) is 4. The predicted molar refractivity (Wildman–Crippen MR) is 109 cm³/mol. The summed E-state index contributed by atoms with van der Waals surface area (Å²) < 4.78 is 0. The number of hydrogen-bond donors (Lipinski definition) is 1. The van der Waals surface area contributed by atoms with Gasteiger partial charge in [-0.2, -0.15) is 0 Å². The quantitative estimate of drug-likeness (QED) is 0.867. The fourth-order valence-corrected chi connectivity index (χ4v) is 4.62. The summed E-state index contributed by atoms with van der Waals surface area (Å²) in [5, 5.41) is 9.67. The Kier molecular flexibility index (Phi) is 5.62. The molecule has 5 heteroatoms. The van der Waals surface area contributed by atoms with Gasteiger partial charge in [0, 0.05) is 38.4 Å². The fourth-order valence-electron chi connectivity index (χ4n) is 4.62. The normalized spacial score (nSPS) is 19.9. The number of phenols is 1. The monoisotopic (exact) mass is 379 g/mol. The summed E-state index contributed by atoms with van der Waals surface area (Å²) in [4.78, 5) is 21.2. The van der Waals surface area contributed by atoms with Crippen molar-refractivity contribution in [2.75, 3.05) is 26.2 Å². The molecule has 1 aromatic carbocycles. The Labute approximate surface area is 167 Å². The summed E-state index contributed by atoms with van der Waals surface area (Å²) in [6.45, 7) is 4.68. The molecule has 148 valence electrons. The van der Waals surface area contributed by atoms with Crippen LogP contribution in [0.15, 0.2) is 48.8 Å². The minimum Gasteiger partial charge on any atom is -0.508 e. The van der Waals surface area contributed by atoms with E-state index in [0.717, 1.165) is 64.0 Å². The third-order valence-corrected chi connectivity index (χ3v) is 6.37. The van der Waals surface area contributed by atoms with E-state index in [-0.39, 0.29) is 5.41 Å². The van der Waals surface area contributed by atoms with E-state index >= 15 is 0 Å². The van der Waals surface area contributed by atoms with Crippen LogP contribution in [0.3, 0.4) is 0 Å². The third kappa shape index (κ3) is 4.53. The average Bonchev–Trinajstić information content (AvgIpc) is 2.72. The number of likely N-dealkylation sites (tertiary alicyclic amines) is 2. The van der Waals surface area contributed by atoms with E-state index in [2.05, 4.69) is 26.9 Å². The number of aromatic hydroxyl groups is 1. The van der Waals surface area contributed by atoms with Crippen LogP contribution in [0.25, 0.3) is 0 Å². The number of amides is 1. The molecule has 3 heterocycles. The topological polar surface area (TPSA) is 56.7 Å². The molecule has 28 heavy (non-hydrogen) atoms. The zero-order chi connectivity index (χ0) is 19.4. The lowest BCUT2D eigenvalue weighted by Gasteiger charge is -2.47. The Morgan fingerprint density at radius 2 is 1.89 bits per heavy atom. The second-order valence-electron chi connectivity index (χ2n) is 8.37. The zero-order valence-corrected chi connectivity index (χ0v) is 16.4. The smallest absolute Gasteiger partial charge is 0.222 e. The van der Waals surface area contributed by atoms with Crippen LogP contribution in [-0.2, 0) is 17.8 Å². The molecule has 1 amide bonds. The highest BCUT2D eigenvalue weighted by Crippen LogP contribution is 2.40. The predicted octanol–water partition coefficient (Wildman–Crippen LogP) is 3.23. The first-order valence-corrected chi connectivity index (χ1v) is 10.3. The van der Waals surface area contributed by atoms with Crippen molar-refractivity contribution in [3.05, 3.63) is 59.9 Å². The molecule has 2 aromatic rings. The maximum Gasteiger partial charge on any atom is 0.222 e. The van der Waals surface area contributed by atoms with Crippen LogP contribution in [0, 0.1) is 5.41 Å². The Hall–Kier alpha value is -2.40. The lowest BCUT2D eigenvalue weighted by Crippen LogP contribution is -2.51. The highest BCUT2D eigenvalue weighted by Gasteiger charge is 2.40. The van der Waals surface area contributed by atoms with Crippen LogP contribution in [0.2, 0.25) is 0 Å². The number of piperidine rings is 2.